The molecule has 0 aliphatic heterocycles. The fourth-order valence-electron chi connectivity index (χ4n) is 1.70. The Morgan fingerprint density at radius 1 is 1.20 bits per heavy atom. The molecule has 0 saturated carbocycles. The van der Waals surface area contributed by atoms with Crippen LogP contribution >= 0.6 is 22.7 Å². The number of hydrogen-bond acceptors (Lipinski definition) is 3. The fourth-order valence-corrected chi connectivity index (χ4v) is 3.11. The molecule has 0 saturated heterocycles. The maximum atomic E-state index is 3.38. The Morgan fingerprint density at radius 3 is 2.60 bits per heavy atom. The van der Waals surface area contributed by atoms with Gasteiger partial charge >= 0.3 is 0 Å². The van der Waals surface area contributed by atoms with Crippen molar-refractivity contribution in [1.29, 1.82) is 0 Å². The maximum absolute atomic E-state index is 3.38. The van der Waals surface area contributed by atoms with Crippen LogP contribution in [-0.2, 0) is 6.42 Å². The molecular weight excluding hydrogens is 222 g/mol. The molecule has 0 radical (unpaired) electrons. The Kier molecular flexibility index (Phi) is 3.94. The molecule has 1 atom stereocenters. The molecule has 0 aliphatic rings. The van der Waals surface area contributed by atoms with Crippen LogP contribution in [0.3, 0.4) is 0 Å². The normalized spacial score (nSPS) is 12.9. The quantitative estimate of drug-likeness (QED) is 0.836. The lowest BCUT2D eigenvalue weighted by molar-refractivity contribution is 0.551. The third-order valence-corrected chi connectivity index (χ3v) is 4.03. The summed E-state index contributed by atoms with van der Waals surface area (Å²) in [5.41, 5.74) is 2.87. The van der Waals surface area contributed by atoms with E-state index in [9.17, 15) is 0 Å². The second-order valence-electron chi connectivity index (χ2n) is 3.57. The van der Waals surface area contributed by atoms with E-state index in [4.69, 9.17) is 0 Å². The van der Waals surface area contributed by atoms with Gasteiger partial charge in [0, 0.05) is 6.04 Å². The van der Waals surface area contributed by atoms with Crippen LogP contribution in [0.2, 0.25) is 0 Å². The van der Waals surface area contributed by atoms with Crippen molar-refractivity contribution in [2.24, 2.45) is 0 Å². The van der Waals surface area contributed by atoms with Crippen LogP contribution in [0.4, 0.5) is 0 Å². The average molecular weight is 237 g/mol. The first kappa shape index (κ1) is 10.9. The average Bonchev–Trinajstić information content (AvgIpc) is 2.90. The number of aryl methyl sites for hydroxylation is 1. The van der Waals surface area contributed by atoms with Gasteiger partial charge in [-0.2, -0.15) is 22.7 Å². The van der Waals surface area contributed by atoms with E-state index in [0.717, 1.165) is 6.42 Å². The largest absolute Gasteiger partial charge is 0.313 e. The Hall–Kier alpha value is -0.640. The van der Waals surface area contributed by atoms with E-state index in [1.54, 1.807) is 22.7 Å². The number of thiophene rings is 2. The zero-order valence-corrected chi connectivity index (χ0v) is 10.4. The third kappa shape index (κ3) is 2.91. The maximum Gasteiger partial charge on any atom is 0.0328 e. The van der Waals surface area contributed by atoms with Crippen LogP contribution in [0, 0.1) is 0 Å². The lowest BCUT2D eigenvalue weighted by atomic mass is 10.0. The van der Waals surface area contributed by atoms with E-state index in [0.29, 0.717) is 6.04 Å². The minimum Gasteiger partial charge on any atom is -0.313 e. The molecule has 1 N–H and O–H groups in total. The van der Waals surface area contributed by atoms with Gasteiger partial charge in [0.15, 0.2) is 0 Å². The van der Waals surface area contributed by atoms with Crippen molar-refractivity contribution < 1.29 is 0 Å². The second kappa shape index (κ2) is 5.45. The molecule has 2 aromatic rings. The summed E-state index contributed by atoms with van der Waals surface area (Å²) in [5.74, 6) is 0. The molecule has 1 unspecified atom stereocenters. The highest BCUT2D eigenvalue weighted by molar-refractivity contribution is 7.08. The predicted molar refractivity (Wildman–Crippen MR) is 68.8 cm³/mol. The molecule has 3 heteroatoms. The number of hydrogen-bond donors (Lipinski definition) is 1. The van der Waals surface area contributed by atoms with Gasteiger partial charge in [-0.3, -0.25) is 0 Å². The smallest absolute Gasteiger partial charge is 0.0328 e. The van der Waals surface area contributed by atoms with E-state index in [1.165, 1.54) is 17.5 Å². The van der Waals surface area contributed by atoms with E-state index in [1.807, 2.05) is 7.05 Å². The summed E-state index contributed by atoms with van der Waals surface area (Å²) in [6, 6.07) is 4.92. The minimum absolute atomic E-state index is 0.496. The zero-order valence-electron chi connectivity index (χ0n) is 8.77. The van der Waals surface area contributed by atoms with Crippen LogP contribution in [0.5, 0.6) is 0 Å². The van der Waals surface area contributed by atoms with Crippen LogP contribution < -0.4 is 5.32 Å². The molecule has 2 aromatic heterocycles. The van der Waals surface area contributed by atoms with E-state index >= 15 is 0 Å². The Bertz CT molecular complexity index is 364. The molecule has 2 rings (SSSR count). The van der Waals surface area contributed by atoms with Gasteiger partial charge in [-0.1, -0.05) is 0 Å². The highest BCUT2D eigenvalue weighted by Crippen LogP contribution is 2.21. The van der Waals surface area contributed by atoms with E-state index in [2.05, 4.69) is 39.0 Å². The summed E-state index contributed by atoms with van der Waals surface area (Å²) in [4.78, 5) is 0. The fraction of sp³-hybridized carbons (Fsp3) is 0.333. The lowest BCUT2D eigenvalue weighted by Gasteiger charge is -2.14. The molecule has 1 nitrogen and oxygen atoms in total. The van der Waals surface area contributed by atoms with Gasteiger partial charge in [0.25, 0.3) is 0 Å². The summed E-state index contributed by atoms with van der Waals surface area (Å²) < 4.78 is 0. The van der Waals surface area contributed by atoms with Gasteiger partial charge in [0.2, 0.25) is 0 Å². The highest BCUT2D eigenvalue weighted by atomic mass is 32.1. The van der Waals surface area contributed by atoms with Crippen LogP contribution in [-0.4, -0.2) is 7.05 Å². The monoisotopic (exact) mass is 237 g/mol. The summed E-state index contributed by atoms with van der Waals surface area (Å²) in [6.45, 7) is 0. The van der Waals surface area contributed by atoms with Crippen molar-refractivity contribution in [3.8, 4) is 0 Å². The molecule has 0 aliphatic carbocycles. The minimum atomic E-state index is 0.496. The first-order valence-corrected chi connectivity index (χ1v) is 6.99. The SMILES string of the molecule is CNC(CCc1ccsc1)c1ccsc1. The third-order valence-electron chi connectivity index (χ3n) is 2.60. The topological polar surface area (TPSA) is 12.0 Å². The molecule has 2 heterocycles. The van der Waals surface area contributed by atoms with E-state index in [-0.39, 0.29) is 0 Å². The second-order valence-corrected chi connectivity index (χ2v) is 5.13. The van der Waals surface area contributed by atoms with Crippen molar-refractivity contribution in [3.63, 3.8) is 0 Å². The van der Waals surface area contributed by atoms with Crippen LogP contribution in [0.25, 0.3) is 0 Å². The molecule has 0 aromatic carbocycles. The molecule has 0 fully saturated rings. The van der Waals surface area contributed by atoms with Crippen molar-refractivity contribution >= 4 is 22.7 Å². The Balaban J connectivity index is 1.92. The standard InChI is InChI=1S/C12H15NS2/c1-13-12(11-5-7-15-9-11)3-2-10-4-6-14-8-10/h4-9,12-13H,2-3H2,1H3. The number of nitrogens with one attached hydrogen (secondary N) is 1. The zero-order chi connectivity index (χ0) is 10.5. The van der Waals surface area contributed by atoms with Gasteiger partial charge in [-0.25, -0.2) is 0 Å². The molecule has 0 amide bonds. The number of rotatable bonds is 5. The summed E-state index contributed by atoms with van der Waals surface area (Å²) in [7, 11) is 2.04. The van der Waals surface area contributed by atoms with Crippen molar-refractivity contribution in [3.05, 3.63) is 44.8 Å². The van der Waals surface area contributed by atoms with Crippen LogP contribution in [0.15, 0.2) is 33.7 Å². The van der Waals surface area contributed by atoms with Gasteiger partial charge in [-0.05, 0) is 64.7 Å². The van der Waals surface area contributed by atoms with E-state index < -0.39 is 0 Å². The summed E-state index contributed by atoms with van der Waals surface area (Å²) >= 11 is 3.55. The molecule has 0 spiro atoms. The summed E-state index contributed by atoms with van der Waals surface area (Å²) in [6.07, 6.45) is 2.33. The first-order valence-electron chi connectivity index (χ1n) is 5.10. The summed E-state index contributed by atoms with van der Waals surface area (Å²) in [5, 5.41) is 12.1. The highest BCUT2D eigenvalue weighted by Gasteiger charge is 2.09. The van der Waals surface area contributed by atoms with Crippen molar-refractivity contribution in [2.75, 3.05) is 7.05 Å². The van der Waals surface area contributed by atoms with Crippen LogP contribution in [0.1, 0.15) is 23.6 Å². The first-order chi connectivity index (χ1) is 7.40. The van der Waals surface area contributed by atoms with Gasteiger partial charge in [-0.15, -0.1) is 0 Å². The van der Waals surface area contributed by atoms with Crippen molar-refractivity contribution in [1.82, 2.24) is 5.32 Å². The molecule has 0 bridgehead atoms. The molecule has 80 valence electrons. The Morgan fingerprint density at radius 2 is 2.00 bits per heavy atom. The predicted octanol–water partition coefficient (Wildman–Crippen LogP) is 3.70. The van der Waals surface area contributed by atoms with Gasteiger partial charge in [0.05, 0.1) is 0 Å². The van der Waals surface area contributed by atoms with Gasteiger partial charge < -0.3 is 5.32 Å². The molecular formula is C12H15NS2. The van der Waals surface area contributed by atoms with Crippen molar-refractivity contribution in [2.45, 2.75) is 18.9 Å². The molecule has 15 heavy (non-hydrogen) atoms. The van der Waals surface area contributed by atoms with Gasteiger partial charge in [0.1, 0.15) is 0 Å². The Labute approximate surface area is 98.8 Å². The lowest BCUT2D eigenvalue weighted by Crippen LogP contribution is -2.16.